The quantitative estimate of drug-likeness (QED) is 0.620. The van der Waals surface area contributed by atoms with Crippen LogP contribution in [0.25, 0.3) is 10.1 Å². The average molecular weight is 215 g/mol. The first-order valence-electron chi connectivity index (χ1n) is 3.89. The highest BCUT2D eigenvalue weighted by Gasteiger charge is 2.30. The largest absolute Gasteiger partial charge is 0.416 e. The highest BCUT2D eigenvalue weighted by atomic mass is 32.1. The van der Waals surface area contributed by atoms with E-state index in [4.69, 9.17) is 0 Å². The van der Waals surface area contributed by atoms with Crippen LogP contribution in [0.3, 0.4) is 0 Å². The highest BCUT2D eigenvalue weighted by Crippen LogP contribution is 2.33. The fourth-order valence-corrected chi connectivity index (χ4v) is 2.11. The summed E-state index contributed by atoms with van der Waals surface area (Å²) in [5.74, 6) is 0. The van der Waals surface area contributed by atoms with Crippen LogP contribution in [0.1, 0.15) is 10.4 Å². The van der Waals surface area contributed by atoms with E-state index in [9.17, 15) is 13.2 Å². The van der Waals surface area contributed by atoms with E-state index in [0.717, 1.165) is 21.7 Å². The van der Waals surface area contributed by atoms with Crippen LogP contribution in [-0.4, -0.2) is 0 Å². The van der Waals surface area contributed by atoms with Crippen molar-refractivity contribution in [2.75, 3.05) is 0 Å². The minimum absolute atomic E-state index is 0.606. The monoisotopic (exact) mass is 215 g/mol. The molecule has 4 heteroatoms. The summed E-state index contributed by atoms with van der Waals surface area (Å²) in [6.07, 6.45) is -4.27. The summed E-state index contributed by atoms with van der Waals surface area (Å²) in [6.45, 7) is 3.69. The summed E-state index contributed by atoms with van der Waals surface area (Å²) in [4.78, 5) is 0.777. The van der Waals surface area contributed by atoms with Crippen LogP contribution in [-0.2, 0) is 6.18 Å². The van der Waals surface area contributed by atoms with Crippen molar-refractivity contribution in [2.24, 2.45) is 0 Å². The first-order chi connectivity index (χ1) is 6.47. The van der Waals surface area contributed by atoms with Gasteiger partial charge in [-0.1, -0.05) is 0 Å². The highest BCUT2D eigenvalue weighted by molar-refractivity contribution is 7.19. The molecule has 2 rings (SSSR count). The topological polar surface area (TPSA) is 0 Å². The standard InChI is InChI=1S/C10H6F3S/c1-6-4-7-5-8(10(11,12)13)2-3-9(7)14-6/h2-5H,1H2. The summed E-state index contributed by atoms with van der Waals surface area (Å²) in [6, 6.07) is 5.39. The van der Waals surface area contributed by atoms with E-state index in [2.05, 4.69) is 6.92 Å². The molecule has 1 heterocycles. The zero-order chi connectivity index (χ0) is 10.3. The predicted molar refractivity (Wildman–Crippen MR) is 51.3 cm³/mol. The van der Waals surface area contributed by atoms with Crippen molar-refractivity contribution < 1.29 is 13.2 Å². The molecule has 0 saturated carbocycles. The molecule has 0 spiro atoms. The Labute approximate surface area is 83.0 Å². The molecule has 0 aliphatic heterocycles. The zero-order valence-electron chi connectivity index (χ0n) is 7.06. The van der Waals surface area contributed by atoms with Crippen molar-refractivity contribution in [1.82, 2.24) is 0 Å². The molecule has 2 aromatic rings. The van der Waals surface area contributed by atoms with E-state index in [1.165, 1.54) is 17.4 Å². The van der Waals surface area contributed by atoms with Crippen LogP contribution >= 0.6 is 11.3 Å². The van der Waals surface area contributed by atoms with Gasteiger partial charge in [0.05, 0.1) is 5.56 Å². The minimum atomic E-state index is -4.27. The third-order valence-corrected chi connectivity index (χ3v) is 2.87. The van der Waals surface area contributed by atoms with Crippen LogP contribution in [0.2, 0.25) is 0 Å². The Balaban J connectivity index is 2.62. The third-order valence-electron chi connectivity index (χ3n) is 1.89. The molecule has 0 amide bonds. The third kappa shape index (κ3) is 1.62. The van der Waals surface area contributed by atoms with E-state index >= 15 is 0 Å². The Morgan fingerprint density at radius 2 is 1.86 bits per heavy atom. The van der Waals surface area contributed by atoms with Crippen LogP contribution in [0.4, 0.5) is 13.2 Å². The molecular formula is C10H6F3S. The number of hydrogen-bond donors (Lipinski definition) is 0. The SMILES string of the molecule is [CH2]c1cc2cc(C(F)(F)F)ccc2s1. The van der Waals surface area contributed by atoms with Gasteiger partial charge in [-0.05, 0) is 36.6 Å². The maximum absolute atomic E-state index is 12.3. The number of benzene rings is 1. The van der Waals surface area contributed by atoms with Crippen molar-refractivity contribution in [3.05, 3.63) is 41.6 Å². The molecule has 0 atom stereocenters. The molecule has 0 fully saturated rings. The van der Waals surface area contributed by atoms with Crippen LogP contribution in [0.5, 0.6) is 0 Å². The number of alkyl halides is 3. The smallest absolute Gasteiger partial charge is 0.166 e. The molecule has 1 radical (unpaired) electrons. The lowest BCUT2D eigenvalue weighted by atomic mass is 10.1. The zero-order valence-corrected chi connectivity index (χ0v) is 7.88. The molecule has 1 aromatic carbocycles. The van der Waals surface area contributed by atoms with Gasteiger partial charge in [0.25, 0.3) is 0 Å². The van der Waals surface area contributed by atoms with Crippen molar-refractivity contribution in [3.8, 4) is 0 Å². The fourth-order valence-electron chi connectivity index (χ4n) is 1.27. The average Bonchev–Trinajstić information content (AvgIpc) is 2.41. The van der Waals surface area contributed by atoms with E-state index in [0.29, 0.717) is 5.39 Å². The van der Waals surface area contributed by atoms with Gasteiger partial charge in [0.2, 0.25) is 0 Å². The Kier molecular flexibility index (Phi) is 2.03. The van der Waals surface area contributed by atoms with Gasteiger partial charge in [-0.2, -0.15) is 13.2 Å². The summed E-state index contributed by atoms with van der Waals surface area (Å²) < 4.78 is 37.8. The lowest BCUT2D eigenvalue weighted by Gasteiger charge is -2.05. The van der Waals surface area contributed by atoms with Crippen molar-refractivity contribution in [2.45, 2.75) is 6.18 Å². The Bertz CT molecular complexity index is 468. The number of fused-ring (bicyclic) bond motifs is 1. The maximum Gasteiger partial charge on any atom is 0.416 e. The van der Waals surface area contributed by atoms with Crippen molar-refractivity contribution >= 4 is 21.4 Å². The van der Waals surface area contributed by atoms with E-state index in [1.54, 1.807) is 6.07 Å². The van der Waals surface area contributed by atoms with Gasteiger partial charge < -0.3 is 0 Å². The molecule has 0 nitrogen and oxygen atoms in total. The van der Waals surface area contributed by atoms with Gasteiger partial charge in [0.15, 0.2) is 0 Å². The van der Waals surface area contributed by atoms with Gasteiger partial charge in [-0.3, -0.25) is 0 Å². The van der Waals surface area contributed by atoms with Gasteiger partial charge in [0.1, 0.15) is 0 Å². The molecule has 0 saturated heterocycles. The molecule has 73 valence electrons. The Hall–Kier alpha value is -1.03. The summed E-state index contributed by atoms with van der Waals surface area (Å²) >= 11 is 1.39. The summed E-state index contributed by atoms with van der Waals surface area (Å²) in [7, 11) is 0. The molecular weight excluding hydrogens is 209 g/mol. The maximum atomic E-state index is 12.3. The van der Waals surface area contributed by atoms with E-state index in [1.807, 2.05) is 0 Å². The minimum Gasteiger partial charge on any atom is -0.166 e. The molecule has 0 aliphatic rings. The normalized spacial score (nSPS) is 12.3. The fraction of sp³-hybridized carbons (Fsp3) is 0.100. The number of thiophene rings is 1. The van der Waals surface area contributed by atoms with E-state index < -0.39 is 11.7 Å². The van der Waals surface area contributed by atoms with Crippen LogP contribution in [0.15, 0.2) is 24.3 Å². The van der Waals surface area contributed by atoms with Gasteiger partial charge in [-0.15, -0.1) is 11.3 Å². The second-order valence-corrected chi connectivity index (χ2v) is 4.13. The van der Waals surface area contributed by atoms with Crippen molar-refractivity contribution in [3.63, 3.8) is 0 Å². The van der Waals surface area contributed by atoms with Gasteiger partial charge >= 0.3 is 6.18 Å². The number of halogens is 3. The Morgan fingerprint density at radius 1 is 1.14 bits per heavy atom. The summed E-state index contributed by atoms with van der Waals surface area (Å²) in [5.41, 5.74) is -0.609. The van der Waals surface area contributed by atoms with Crippen LogP contribution < -0.4 is 0 Å². The second kappa shape index (κ2) is 2.98. The molecule has 0 unspecified atom stereocenters. The first-order valence-corrected chi connectivity index (χ1v) is 4.71. The van der Waals surface area contributed by atoms with Crippen molar-refractivity contribution in [1.29, 1.82) is 0 Å². The summed E-state index contributed by atoms with van der Waals surface area (Å²) in [5, 5.41) is 0.606. The lowest BCUT2D eigenvalue weighted by molar-refractivity contribution is -0.137. The predicted octanol–water partition coefficient (Wildman–Crippen LogP) is 4.10. The number of rotatable bonds is 0. The number of hydrogen-bond acceptors (Lipinski definition) is 1. The molecule has 0 bridgehead atoms. The molecule has 1 aromatic heterocycles. The molecule has 0 N–H and O–H groups in total. The second-order valence-electron chi connectivity index (χ2n) is 2.96. The van der Waals surface area contributed by atoms with Crippen LogP contribution in [0, 0.1) is 6.92 Å². The first kappa shape index (κ1) is 9.52. The van der Waals surface area contributed by atoms with Gasteiger partial charge in [0, 0.05) is 9.58 Å². The molecule has 0 aliphatic carbocycles. The van der Waals surface area contributed by atoms with E-state index in [-0.39, 0.29) is 0 Å². The van der Waals surface area contributed by atoms with Gasteiger partial charge in [-0.25, -0.2) is 0 Å². The molecule has 14 heavy (non-hydrogen) atoms. The Morgan fingerprint density at radius 3 is 2.50 bits per heavy atom. The lowest BCUT2D eigenvalue weighted by Crippen LogP contribution is -2.03.